The molecule has 1 aromatic heterocycles. The summed E-state index contributed by atoms with van der Waals surface area (Å²) in [5.74, 6) is -1.24. The number of nitrogens with one attached hydrogen (secondary N) is 1. The molecule has 1 fully saturated rings. The van der Waals surface area contributed by atoms with Crippen LogP contribution in [0.2, 0.25) is 0 Å². The number of carbonyl (C=O) groups excluding carboxylic acids is 1. The molecule has 2 N–H and O–H groups in total. The Balaban J connectivity index is 2.14. The number of aromatic carboxylic acids is 1. The molecule has 0 bridgehead atoms. The minimum Gasteiger partial charge on any atom is -0.478 e. The molecule has 0 aromatic carbocycles. The lowest BCUT2D eigenvalue weighted by Crippen LogP contribution is -2.18. The first-order valence-corrected chi connectivity index (χ1v) is 5.40. The Labute approximate surface area is 98.9 Å². The van der Waals surface area contributed by atoms with E-state index in [9.17, 15) is 9.59 Å². The van der Waals surface area contributed by atoms with Crippen LogP contribution >= 0.6 is 0 Å². The van der Waals surface area contributed by atoms with Gasteiger partial charge in [0.2, 0.25) is 5.91 Å². The molecular formula is C12H14N2O3. The molecule has 1 atom stereocenters. The maximum absolute atomic E-state index is 11.8. The molecule has 1 saturated carbocycles. The van der Waals surface area contributed by atoms with Crippen molar-refractivity contribution in [3.63, 3.8) is 0 Å². The summed E-state index contributed by atoms with van der Waals surface area (Å²) in [5.41, 5.74) is 0.342. The minimum atomic E-state index is -1.07. The Hall–Kier alpha value is -1.91. The predicted molar refractivity (Wildman–Crippen MR) is 61.7 cm³/mol. The maximum atomic E-state index is 11.8. The van der Waals surface area contributed by atoms with Gasteiger partial charge in [-0.1, -0.05) is 13.8 Å². The fourth-order valence-corrected chi connectivity index (χ4v) is 1.82. The number of hydrogen-bond acceptors (Lipinski definition) is 3. The molecule has 90 valence electrons. The van der Waals surface area contributed by atoms with E-state index in [0.29, 0.717) is 0 Å². The van der Waals surface area contributed by atoms with Crippen LogP contribution in [0.25, 0.3) is 0 Å². The molecule has 1 aromatic rings. The molecule has 1 unspecified atom stereocenters. The summed E-state index contributed by atoms with van der Waals surface area (Å²) in [6.07, 6.45) is 3.58. The Bertz CT molecular complexity index is 482. The zero-order valence-electron chi connectivity index (χ0n) is 9.73. The van der Waals surface area contributed by atoms with Crippen molar-refractivity contribution >= 4 is 17.6 Å². The lowest BCUT2D eigenvalue weighted by atomic mass is 10.1. The summed E-state index contributed by atoms with van der Waals surface area (Å²) < 4.78 is 0. The zero-order chi connectivity index (χ0) is 12.6. The molecule has 1 aliphatic carbocycles. The lowest BCUT2D eigenvalue weighted by Gasteiger charge is -2.08. The molecule has 0 saturated heterocycles. The first-order valence-electron chi connectivity index (χ1n) is 5.40. The third-order valence-electron chi connectivity index (χ3n) is 3.14. The summed E-state index contributed by atoms with van der Waals surface area (Å²) in [5, 5.41) is 11.6. The third kappa shape index (κ3) is 2.27. The highest BCUT2D eigenvalue weighted by Gasteiger charge is 2.50. The number of amides is 1. The quantitative estimate of drug-likeness (QED) is 0.835. The maximum Gasteiger partial charge on any atom is 0.337 e. The lowest BCUT2D eigenvalue weighted by molar-refractivity contribution is -0.118. The van der Waals surface area contributed by atoms with Crippen molar-refractivity contribution in [3.8, 4) is 0 Å². The van der Waals surface area contributed by atoms with Crippen molar-refractivity contribution in [1.29, 1.82) is 0 Å². The van der Waals surface area contributed by atoms with E-state index in [1.807, 2.05) is 13.8 Å². The van der Waals surface area contributed by atoms with Crippen LogP contribution in [0.5, 0.6) is 0 Å². The number of carboxylic acids is 1. The summed E-state index contributed by atoms with van der Waals surface area (Å²) in [6.45, 7) is 4.02. The fourth-order valence-electron chi connectivity index (χ4n) is 1.82. The number of aromatic nitrogens is 1. The van der Waals surface area contributed by atoms with Crippen molar-refractivity contribution in [3.05, 3.63) is 24.0 Å². The first-order chi connectivity index (χ1) is 7.92. The normalized spacial score (nSPS) is 20.7. The van der Waals surface area contributed by atoms with Gasteiger partial charge in [0.05, 0.1) is 17.4 Å². The van der Waals surface area contributed by atoms with E-state index in [0.717, 1.165) is 6.42 Å². The Kier molecular flexibility index (Phi) is 2.61. The summed E-state index contributed by atoms with van der Waals surface area (Å²) >= 11 is 0. The molecule has 1 aliphatic rings. The van der Waals surface area contributed by atoms with Crippen molar-refractivity contribution in [1.82, 2.24) is 4.98 Å². The topological polar surface area (TPSA) is 79.3 Å². The fraction of sp³-hybridized carbons (Fsp3) is 0.417. The van der Waals surface area contributed by atoms with Gasteiger partial charge in [0.15, 0.2) is 0 Å². The van der Waals surface area contributed by atoms with E-state index < -0.39 is 5.97 Å². The van der Waals surface area contributed by atoms with Crippen LogP contribution in [0.3, 0.4) is 0 Å². The summed E-state index contributed by atoms with van der Waals surface area (Å²) in [7, 11) is 0. The second-order valence-corrected chi connectivity index (χ2v) is 4.96. The molecule has 1 amide bonds. The van der Waals surface area contributed by atoms with Gasteiger partial charge in [0, 0.05) is 12.1 Å². The van der Waals surface area contributed by atoms with Crippen molar-refractivity contribution < 1.29 is 14.7 Å². The van der Waals surface area contributed by atoms with Crippen LogP contribution in [-0.4, -0.2) is 22.0 Å². The highest BCUT2D eigenvalue weighted by Crippen LogP contribution is 2.52. The number of carboxylic acid groups (broad SMARTS) is 1. The molecule has 2 rings (SSSR count). The number of rotatable bonds is 3. The Morgan fingerprint density at radius 2 is 2.18 bits per heavy atom. The number of hydrogen-bond donors (Lipinski definition) is 2. The highest BCUT2D eigenvalue weighted by atomic mass is 16.4. The number of anilines is 1. The third-order valence-corrected chi connectivity index (χ3v) is 3.14. The van der Waals surface area contributed by atoms with Crippen LogP contribution in [0.4, 0.5) is 5.69 Å². The van der Waals surface area contributed by atoms with Gasteiger partial charge in [-0.3, -0.25) is 9.78 Å². The molecule has 1 heterocycles. The summed E-state index contributed by atoms with van der Waals surface area (Å²) in [6, 6.07) is 1.37. The molecule has 5 heteroatoms. The molecule has 0 aliphatic heterocycles. The van der Waals surface area contributed by atoms with Crippen LogP contribution in [0.1, 0.15) is 30.6 Å². The molecular weight excluding hydrogens is 220 g/mol. The highest BCUT2D eigenvalue weighted by molar-refractivity contribution is 6.01. The van der Waals surface area contributed by atoms with E-state index in [2.05, 4.69) is 10.3 Å². The number of pyridine rings is 1. The summed E-state index contributed by atoms with van der Waals surface area (Å²) in [4.78, 5) is 26.6. The van der Waals surface area contributed by atoms with E-state index in [-0.39, 0.29) is 28.5 Å². The SMILES string of the molecule is CC1(C)CC1C(=O)Nc1cnccc1C(=O)O. The van der Waals surface area contributed by atoms with Crippen LogP contribution in [-0.2, 0) is 4.79 Å². The van der Waals surface area contributed by atoms with Crippen LogP contribution in [0, 0.1) is 11.3 Å². The second kappa shape index (κ2) is 3.84. The van der Waals surface area contributed by atoms with Crippen LogP contribution < -0.4 is 5.32 Å². The van der Waals surface area contributed by atoms with Gasteiger partial charge in [0.1, 0.15) is 0 Å². The molecule has 0 spiro atoms. The van der Waals surface area contributed by atoms with Gasteiger partial charge >= 0.3 is 5.97 Å². The van der Waals surface area contributed by atoms with Gasteiger partial charge in [-0.2, -0.15) is 0 Å². The average Bonchev–Trinajstić information content (AvgIpc) is 2.88. The standard InChI is InChI=1S/C12H14N2O3/c1-12(2)5-8(12)10(15)14-9-6-13-4-3-7(9)11(16)17/h3-4,6,8H,5H2,1-2H3,(H,14,15)(H,16,17). The number of carbonyl (C=O) groups is 2. The van der Waals surface area contributed by atoms with Crippen molar-refractivity contribution in [2.45, 2.75) is 20.3 Å². The monoisotopic (exact) mass is 234 g/mol. The Morgan fingerprint density at radius 3 is 2.71 bits per heavy atom. The van der Waals surface area contributed by atoms with E-state index in [1.54, 1.807) is 0 Å². The minimum absolute atomic E-state index is 0.0235. The van der Waals surface area contributed by atoms with E-state index >= 15 is 0 Å². The van der Waals surface area contributed by atoms with Gasteiger partial charge in [-0.05, 0) is 17.9 Å². The molecule has 17 heavy (non-hydrogen) atoms. The van der Waals surface area contributed by atoms with Gasteiger partial charge in [-0.25, -0.2) is 4.79 Å². The van der Waals surface area contributed by atoms with E-state index in [4.69, 9.17) is 5.11 Å². The van der Waals surface area contributed by atoms with Crippen molar-refractivity contribution in [2.24, 2.45) is 11.3 Å². The second-order valence-electron chi connectivity index (χ2n) is 4.96. The van der Waals surface area contributed by atoms with Gasteiger partial charge < -0.3 is 10.4 Å². The van der Waals surface area contributed by atoms with E-state index in [1.165, 1.54) is 18.5 Å². The average molecular weight is 234 g/mol. The van der Waals surface area contributed by atoms with Crippen LogP contribution in [0.15, 0.2) is 18.5 Å². The molecule has 0 radical (unpaired) electrons. The van der Waals surface area contributed by atoms with Crippen molar-refractivity contribution in [2.75, 3.05) is 5.32 Å². The zero-order valence-corrected chi connectivity index (χ0v) is 9.73. The largest absolute Gasteiger partial charge is 0.478 e. The smallest absolute Gasteiger partial charge is 0.337 e. The Morgan fingerprint density at radius 1 is 1.53 bits per heavy atom. The van der Waals surface area contributed by atoms with Gasteiger partial charge in [0.25, 0.3) is 0 Å². The first kappa shape index (κ1) is 11.6. The molecule has 5 nitrogen and oxygen atoms in total. The van der Waals surface area contributed by atoms with Gasteiger partial charge in [-0.15, -0.1) is 0 Å². The number of nitrogens with zero attached hydrogens (tertiary/aromatic N) is 1. The predicted octanol–water partition coefficient (Wildman–Crippen LogP) is 1.76.